The van der Waals surface area contributed by atoms with Gasteiger partial charge >= 0.3 is 0 Å². The number of aryl methyl sites for hydroxylation is 2. The number of amides is 2. The smallest absolute Gasteiger partial charge is 0.251 e. The maximum absolute atomic E-state index is 13.2. The van der Waals surface area contributed by atoms with Crippen LogP contribution in [0, 0.1) is 18.6 Å². The van der Waals surface area contributed by atoms with Gasteiger partial charge in [-0.15, -0.1) is 0 Å². The van der Waals surface area contributed by atoms with Gasteiger partial charge < -0.3 is 10.6 Å². The van der Waals surface area contributed by atoms with Crippen LogP contribution >= 0.6 is 0 Å². The highest BCUT2D eigenvalue weighted by Crippen LogP contribution is 2.21. The van der Waals surface area contributed by atoms with Crippen LogP contribution in [0.25, 0.3) is 0 Å². The molecule has 6 heteroatoms. The molecule has 2 aromatic carbocycles. The molecule has 0 aliphatic heterocycles. The van der Waals surface area contributed by atoms with Crippen LogP contribution in [0.2, 0.25) is 0 Å². The number of anilines is 1. The third-order valence-electron chi connectivity index (χ3n) is 4.31. The van der Waals surface area contributed by atoms with Gasteiger partial charge in [0.15, 0.2) is 11.6 Å². The number of halogens is 2. The Labute approximate surface area is 150 Å². The van der Waals surface area contributed by atoms with Crippen molar-refractivity contribution in [3.63, 3.8) is 0 Å². The molecular formula is C20H20F2N2O2. The normalized spacial score (nSPS) is 13.3. The first-order chi connectivity index (χ1) is 12.4. The predicted octanol–water partition coefficient (Wildman–Crippen LogP) is 3.74. The number of nitrogens with one attached hydrogen (secondary N) is 2. The minimum atomic E-state index is -0.923. The molecule has 0 bridgehead atoms. The molecule has 3 rings (SSSR count). The van der Waals surface area contributed by atoms with Gasteiger partial charge in [0.25, 0.3) is 5.91 Å². The molecule has 1 fully saturated rings. The van der Waals surface area contributed by atoms with Crippen molar-refractivity contribution in [1.82, 2.24) is 5.32 Å². The van der Waals surface area contributed by atoms with Gasteiger partial charge in [-0.2, -0.15) is 0 Å². The van der Waals surface area contributed by atoms with Crippen molar-refractivity contribution < 1.29 is 18.4 Å². The zero-order chi connectivity index (χ0) is 18.7. The number of carbonyl (C=O) groups is 2. The Bertz CT molecular complexity index is 848. The minimum Gasteiger partial charge on any atom is -0.349 e. The SMILES string of the molecule is Cc1ccc(C(=O)NC2CC2)cc1NC(=O)CCc1ccc(F)c(F)c1. The van der Waals surface area contributed by atoms with Gasteiger partial charge in [-0.1, -0.05) is 12.1 Å². The molecule has 0 radical (unpaired) electrons. The molecule has 1 aliphatic rings. The summed E-state index contributed by atoms with van der Waals surface area (Å²) in [6, 6.07) is 9.03. The van der Waals surface area contributed by atoms with Crippen molar-refractivity contribution in [2.24, 2.45) is 0 Å². The monoisotopic (exact) mass is 358 g/mol. The lowest BCUT2D eigenvalue weighted by Crippen LogP contribution is -2.25. The fraction of sp³-hybridized carbons (Fsp3) is 0.300. The van der Waals surface area contributed by atoms with Crippen LogP contribution in [0.5, 0.6) is 0 Å². The van der Waals surface area contributed by atoms with Crippen molar-refractivity contribution in [3.05, 3.63) is 64.7 Å². The van der Waals surface area contributed by atoms with Gasteiger partial charge in [0.1, 0.15) is 0 Å². The fourth-order valence-electron chi connectivity index (χ4n) is 2.56. The van der Waals surface area contributed by atoms with E-state index in [1.54, 1.807) is 18.2 Å². The fourth-order valence-corrected chi connectivity index (χ4v) is 2.56. The molecule has 2 amide bonds. The molecule has 0 spiro atoms. The number of benzene rings is 2. The molecule has 1 aliphatic carbocycles. The van der Waals surface area contributed by atoms with Crippen LogP contribution in [0.4, 0.5) is 14.5 Å². The zero-order valence-corrected chi connectivity index (χ0v) is 14.4. The van der Waals surface area contributed by atoms with Gasteiger partial charge in [0.05, 0.1) is 0 Å². The lowest BCUT2D eigenvalue weighted by molar-refractivity contribution is -0.116. The first-order valence-electron chi connectivity index (χ1n) is 8.57. The number of hydrogen-bond acceptors (Lipinski definition) is 2. The third kappa shape index (κ3) is 4.65. The highest BCUT2D eigenvalue weighted by molar-refractivity contribution is 5.98. The van der Waals surface area contributed by atoms with Crippen molar-refractivity contribution in [3.8, 4) is 0 Å². The highest BCUT2D eigenvalue weighted by Gasteiger charge is 2.24. The average Bonchev–Trinajstić information content (AvgIpc) is 3.42. The Morgan fingerprint density at radius 2 is 1.85 bits per heavy atom. The zero-order valence-electron chi connectivity index (χ0n) is 14.4. The van der Waals surface area contributed by atoms with E-state index in [-0.39, 0.29) is 24.3 Å². The predicted molar refractivity (Wildman–Crippen MR) is 95.0 cm³/mol. The first-order valence-corrected chi connectivity index (χ1v) is 8.57. The maximum atomic E-state index is 13.2. The van der Waals surface area contributed by atoms with Crippen molar-refractivity contribution in [1.29, 1.82) is 0 Å². The second-order valence-corrected chi connectivity index (χ2v) is 6.57. The van der Waals surface area contributed by atoms with E-state index in [0.29, 0.717) is 23.2 Å². The summed E-state index contributed by atoms with van der Waals surface area (Å²) in [5.41, 5.74) is 2.46. The summed E-state index contributed by atoms with van der Waals surface area (Å²) in [7, 11) is 0. The molecule has 0 unspecified atom stereocenters. The van der Waals surface area contributed by atoms with E-state index < -0.39 is 11.6 Å². The number of carbonyl (C=O) groups excluding carboxylic acids is 2. The Hall–Kier alpha value is -2.76. The molecule has 2 N–H and O–H groups in total. The van der Waals surface area contributed by atoms with Crippen molar-refractivity contribution in [2.45, 2.75) is 38.6 Å². The van der Waals surface area contributed by atoms with E-state index in [1.165, 1.54) is 6.07 Å². The molecule has 2 aromatic rings. The lowest BCUT2D eigenvalue weighted by atomic mass is 10.1. The van der Waals surface area contributed by atoms with Crippen LogP contribution in [0.3, 0.4) is 0 Å². The van der Waals surface area contributed by atoms with E-state index in [4.69, 9.17) is 0 Å². The second-order valence-electron chi connectivity index (χ2n) is 6.57. The molecule has 0 heterocycles. The Morgan fingerprint density at radius 1 is 1.08 bits per heavy atom. The van der Waals surface area contributed by atoms with Gasteiger partial charge in [0.2, 0.25) is 5.91 Å². The summed E-state index contributed by atoms with van der Waals surface area (Å²) in [6.07, 6.45) is 2.43. The Kier molecular flexibility index (Phi) is 5.30. The van der Waals surface area contributed by atoms with Gasteiger partial charge in [-0.25, -0.2) is 8.78 Å². The maximum Gasteiger partial charge on any atom is 0.251 e. The Morgan fingerprint density at radius 3 is 2.54 bits per heavy atom. The van der Waals surface area contributed by atoms with Crippen molar-refractivity contribution >= 4 is 17.5 Å². The summed E-state index contributed by atoms with van der Waals surface area (Å²) in [5, 5.41) is 5.69. The van der Waals surface area contributed by atoms with E-state index in [1.807, 2.05) is 6.92 Å². The number of hydrogen-bond donors (Lipinski definition) is 2. The van der Waals surface area contributed by atoms with Crippen LogP contribution in [0.1, 0.15) is 40.7 Å². The minimum absolute atomic E-state index is 0.128. The average molecular weight is 358 g/mol. The van der Waals surface area contributed by atoms with Crippen molar-refractivity contribution in [2.75, 3.05) is 5.32 Å². The molecule has 1 saturated carbocycles. The lowest BCUT2D eigenvalue weighted by Gasteiger charge is -2.11. The second kappa shape index (κ2) is 7.64. The third-order valence-corrected chi connectivity index (χ3v) is 4.31. The molecule has 136 valence electrons. The summed E-state index contributed by atoms with van der Waals surface area (Å²) < 4.78 is 26.1. The van der Waals surface area contributed by atoms with Crippen LogP contribution in [-0.2, 0) is 11.2 Å². The summed E-state index contributed by atoms with van der Waals surface area (Å²) in [5.74, 6) is -2.23. The van der Waals surface area contributed by atoms with Gasteiger partial charge in [-0.3, -0.25) is 9.59 Å². The van der Waals surface area contributed by atoms with Gasteiger partial charge in [-0.05, 0) is 61.6 Å². The molecular weight excluding hydrogens is 338 g/mol. The molecule has 0 saturated heterocycles. The summed E-state index contributed by atoms with van der Waals surface area (Å²) >= 11 is 0. The van der Waals surface area contributed by atoms with E-state index in [9.17, 15) is 18.4 Å². The molecule has 0 aromatic heterocycles. The van der Waals surface area contributed by atoms with Crippen LogP contribution in [-0.4, -0.2) is 17.9 Å². The Balaban J connectivity index is 1.60. The molecule has 4 nitrogen and oxygen atoms in total. The number of rotatable bonds is 6. The van der Waals surface area contributed by atoms with Crippen LogP contribution in [0.15, 0.2) is 36.4 Å². The summed E-state index contributed by atoms with van der Waals surface area (Å²) in [4.78, 5) is 24.3. The van der Waals surface area contributed by atoms with Crippen LogP contribution < -0.4 is 10.6 Å². The standard InChI is InChI=1S/C20H20F2N2O2/c1-12-2-5-14(20(26)23-15-6-7-15)11-18(12)24-19(25)9-4-13-3-8-16(21)17(22)10-13/h2-3,5,8,10-11,15H,4,6-7,9H2,1H3,(H,23,26)(H,24,25). The summed E-state index contributed by atoms with van der Waals surface area (Å²) in [6.45, 7) is 1.84. The van der Waals surface area contributed by atoms with E-state index in [2.05, 4.69) is 10.6 Å². The van der Waals surface area contributed by atoms with E-state index in [0.717, 1.165) is 30.5 Å². The largest absolute Gasteiger partial charge is 0.349 e. The molecule has 0 atom stereocenters. The topological polar surface area (TPSA) is 58.2 Å². The molecule has 26 heavy (non-hydrogen) atoms. The van der Waals surface area contributed by atoms with Gasteiger partial charge in [0, 0.05) is 23.7 Å². The first kappa shape index (κ1) is 18.0. The quantitative estimate of drug-likeness (QED) is 0.827. The highest BCUT2D eigenvalue weighted by atomic mass is 19.2. The van der Waals surface area contributed by atoms with E-state index >= 15 is 0 Å².